The SMILES string of the molecule is Sc1cc(-c2ccc(S)c(N=C3CCCCC3)c2)ccc1N=C1CCCCC1. The van der Waals surface area contributed by atoms with Gasteiger partial charge in [0.25, 0.3) is 0 Å². The van der Waals surface area contributed by atoms with Gasteiger partial charge < -0.3 is 0 Å². The highest BCUT2D eigenvalue weighted by Gasteiger charge is 2.11. The van der Waals surface area contributed by atoms with Gasteiger partial charge in [0.2, 0.25) is 0 Å². The number of hydrogen-bond donors (Lipinski definition) is 2. The summed E-state index contributed by atoms with van der Waals surface area (Å²) in [5.41, 5.74) is 6.89. The Kier molecular flexibility index (Phi) is 6.58. The van der Waals surface area contributed by atoms with Crippen LogP contribution in [0.3, 0.4) is 0 Å². The van der Waals surface area contributed by atoms with E-state index in [0.717, 1.165) is 58.0 Å². The first-order valence-corrected chi connectivity index (χ1v) is 11.4. The Bertz CT molecular complexity index is 899. The molecule has 0 heterocycles. The fraction of sp³-hybridized carbons (Fsp3) is 0.417. The quantitative estimate of drug-likeness (QED) is 0.481. The van der Waals surface area contributed by atoms with Gasteiger partial charge in [-0.25, -0.2) is 0 Å². The second kappa shape index (κ2) is 9.32. The molecule has 0 aliphatic heterocycles. The van der Waals surface area contributed by atoms with E-state index in [4.69, 9.17) is 22.6 Å². The van der Waals surface area contributed by atoms with Gasteiger partial charge in [0, 0.05) is 21.2 Å². The smallest absolute Gasteiger partial charge is 0.0768 e. The number of aliphatic imine (C=N–C) groups is 2. The molecule has 0 bridgehead atoms. The van der Waals surface area contributed by atoms with Gasteiger partial charge in [0.15, 0.2) is 0 Å². The van der Waals surface area contributed by atoms with Gasteiger partial charge in [-0.3, -0.25) is 9.98 Å². The molecular formula is C24H28N2S2. The Morgan fingerprint density at radius 1 is 0.536 bits per heavy atom. The molecule has 2 saturated carbocycles. The Balaban J connectivity index is 1.60. The number of nitrogens with zero attached hydrogens (tertiary/aromatic N) is 2. The van der Waals surface area contributed by atoms with Crippen molar-refractivity contribution < 1.29 is 0 Å². The third-order valence-electron chi connectivity index (χ3n) is 5.70. The molecule has 2 aromatic rings. The van der Waals surface area contributed by atoms with Crippen molar-refractivity contribution in [2.24, 2.45) is 9.98 Å². The molecule has 2 nitrogen and oxygen atoms in total. The standard InChI is InChI=1S/C24H28N2S2/c27-23-14-12-17(15-22(23)26-20-9-5-2-6-10-20)18-11-13-21(24(28)16-18)25-19-7-3-1-4-8-19/h11-16,27-28H,1-10H2. The predicted molar refractivity (Wildman–Crippen MR) is 127 cm³/mol. The summed E-state index contributed by atoms with van der Waals surface area (Å²) in [6.45, 7) is 0. The van der Waals surface area contributed by atoms with E-state index in [1.165, 1.54) is 49.9 Å². The molecule has 0 spiro atoms. The fourth-order valence-corrected chi connectivity index (χ4v) is 4.53. The van der Waals surface area contributed by atoms with Crippen LogP contribution in [-0.2, 0) is 0 Å². The zero-order chi connectivity index (χ0) is 19.3. The topological polar surface area (TPSA) is 24.7 Å². The molecule has 0 saturated heterocycles. The molecule has 146 valence electrons. The number of benzene rings is 2. The van der Waals surface area contributed by atoms with Gasteiger partial charge in [-0.1, -0.05) is 25.0 Å². The average Bonchev–Trinajstić information content (AvgIpc) is 2.73. The number of hydrogen-bond acceptors (Lipinski definition) is 4. The first-order valence-electron chi connectivity index (χ1n) is 10.5. The van der Waals surface area contributed by atoms with Crippen molar-refractivity contribution in [1.82, 2.24) is 0 Å². The van der Waals surface area contributed by atoms with E-state index in [0.29, 0.717) is 0 Å². The molecule has 0 amide bonds. The molecule has 2 fully saturated rings. The van der Waals surface area contributed by atoms with Crippen molar-refractivity contribution in [1.29, 1.82) is 0 Å². The lowest BCUT2D eigenvalue weighted by Gasteiger charge is -2.14. The lowest BCUT2D eigenvalue weighted by Crippen LogP contribution is -2.03. The summed E-state index contributed by atoms with van der Waals surface area (Å²) in [5.74, 6) is 0. The molecule has 0 radical (unpaired) electrons. The molecule has 0 atom stereocenters. The third-order valence-corrected chi connectivity index (χ3v) is 6.44. The summed E-state index contributed by atoms with van der Waals surface area (Å²) in [5, 5.41) is 0. The van der Waals surface area contributed by atoms with E-state index < -0.39 is 0 Å². The van der Waals surface area contributed by atoms with E-state index in [1.54, 1.807) is 0 Å². The van der Waals surface area contributed by atoms with E-state index in [-0.39, 0.29) is 0 Å². The van der Waals surface area contributed by atoms with Crippen molar-refractivity contribution in [3.63, 3.8) is 0 Å². The van der Waals surface area contributed by atoms with Gasteiger partial charge in [-0.2, -0.15) is 0 Å². The second-order valence-corrected chi connectivity index (χ2v) is 8.85. The minimum atomic E-state index is 0.936. The van der Waals surface area contributed by atoms with E-state index >= 15 is 0 Å². The van der Waals surface area contributed by atoms with Gasteiger partial charge in [-0.15, -0.1) is 25.3 Å². The normalized spacial score (nSPS) is 17.5. The van der Waals surface area contributed by atoms with E-state index in [1.807, 2.05) is 0 Å². The summed E-state index contributed by atoms with van der Waals surface area (Å²) >= 11 is 9.35. The Labute approximate surface area is 179 Å². The molecule has 4 heteroatoms. The summed E-state index contributed by atoms with van der Waals surface area (Å²) in [6, 6.07) is 12.7. The van der Waals surface area contributed by atoms with Crippen molar-refractivity contribution >= 4 is 48.1 Å². The molecule has 0 aromatic heterocycles. The lowest BCUT2D eigenvalue weighted by atomic mass is 9.98. The largest absolute Gasteiger partial charge is 0.257 e. The summed E-state index contributed by atoms with van der Waals surface area (Å²) < 4.78 is 0. The van der Waals surface area contributed by atoms with Crippen LogP contribution in [0.15, 0.2) is 56.2 Å². The number of rotatable bonds is 3. The zero-order valence-electron chi connectivity index (χ0n) is 16.3. The van der Waals surface area contributed by atoms with Crippen molar-refractivity contribution in [3.05, 3.63) is 36.4 Å². The average molecular weight is 409 g/mol. The molecular weight excluding hydrogens is 380 g/mol. The van der Waals surface area contributed by atoms with Crippen LogP contribution in [0.4, 0.5) is 11.4 Å². The van der Waals surface area contributed by atoms with Crippen molar-refractivity contribution in [2.75, 3.05) is 0 Å². The van der Waals surface area contributed by atoms with Gasteiger partial charge >= 0.3 is 0 Å². The monoisotopic (exact) mass is 408 g/mol. The highest BCUT2D eigenvalue weighted by atomic mass is 32.1. The molecule has 2 aliphatic rings. The van der Waals surface area contributed by atoms with Crippen molar-refractivity contribution in [2.45, 2.75) is 74.0 Å². The lowest BCUT2D eigenvalue weighted by molar-refractivity contribution is 0.667. The molecule has 0 unspecified atom stereocenters. The maximum Gasteiger partial charge on any atom is 0.0768 e. The van der Waals surface area contributed by atoms with Gasteiger partial charge in [0.1, 0.15) is 0 Å². The molecule has 28 heavy (non-hydrogen) atoms. The predicted octanol–water partition coefficient (Wildman–Crippen LogP) is 8.00. The maximum absolute atomic E-state index is 4.92. The summed E-state index contributed by atoms with van der Waals surface area (Å²) in [7, 11) is 0. The third kappa shape index (κ3) is 4.90. The Morgan fingerprint density at radius 2 is 1.07 bits per heavy atom. The van der Waals surface area contributed by atoms with Crippen LogP contribution in [0.2, 0.25) is 0 Å². The molecule has 2 aliphatic carbocycles. The van der Waals surface area contributed by atoms with Crippen LogP contribution in [0.25, 0.3) is 11.1 Å². The van der Waals surface area contributed by atoms with Crippen LogP contribution >= 0.6 is 25.3 Å². The summed E-state index contributed by atoms with van der Waals surface area (Å²) in [4.78, 5) is 11.7. The van der Waals surface area contributed by atoms with Crippen LogP contribution in [0.1, 0.15) is 64.2 Å². The van der Waals surface area contributed by atoms with Crippen LogP contribution < -0.4 is 0 Å². The highest BCUT2D eigenvalue weighted by Crippen LogP contribution is 2.35. The Morgan fingerprint density at radius 3 is 1.68 bits per heavy atom. The summed E-state index contributed by atoms with van der Waals surface area (Å²) in [6.07, 6.45) is 12.2. The Hall–Kier alpha value is -1.52. The number of thiol groups is 2. The first kappa shape index (κ1) is 19.8. The van der Waals surface area contributed by atoms with Crippen LogP contribution in [0, 0.1) is 0 Å². The molecule has 2 aromatic carbocycles. The van der Waals surface area contributed by atoms with Gasteiger partial charge in [-0.05, 0) is 86.8 Å². The molecule has 4 rings (SSSR count). The van der Waals surface area contributed by atoms with E-state index in [9.17, 15) is 0 Å². The van der Waals surface area contributed by atoms with Crippen LogP contribution in [-0.4, -0.2) is 11.4 Å². The van der Waals surface area contributed by atoms with E-state index in [2.05, 4.69) is 49.0 Å². The van der Waals surface area contributed by atoms with Crippen LogP contribution in [0.5, 0.6) is 0 Å². The minimum absolute atomic E-state index is 0.936. The minimum Gasteiger partial charge on any atom is -0.257 e. The first-order chi connectivity index (χ1) is 13.7. The molecule has 0 N–H and O–H groups in total. The highest BCUT2D eigenvalue weighted by molar-refractivity contribution is 7.80. The zero-order valence-corrected chi connectivity index (χ0v) is 18.1. The van der Waals surface area contributed by atoms with Gasteiger partial charge in [0.05, 0.1) is 11.4 Å². The fourth-order valence-electron chi connectivity index (χ4n) is 4.07. The maximum atomic E-state index is 4.92. The second-order valence-electron chi connectivity index (χ2n) is 7.88. The van der Waals surface area contributed by atoms with Crippen molar-refractivity contribution in [3.8, 4) is 11.1 Å².